The van der Waals surface area contributed by atoms with Crippen molar-refractivity contribution < 1.29 is 19.4 Å². The van der Waals surface area contributed by atoms with Crippen LogP contribution in [-0.4, -0.2) is 24.3 Å². The van der Waals surface area contributed by atoms with E-state index in [0.717, 1.165) is 6.42 Å². The van der Waals surface area contributed by atoms with Gasteiger partial charge >= 0.3 is 5.97 Å². The van der Waals surface area contributed by atoms with E-state index in [1.165, 1.54) is 0 Å². The summed E-state index contributed by atoms with van der Waals surface area (Å²) in [6, 6.07) is 3.33. The Morgan fingerprint density at radius 1 is 1.38 bits per heavy atom. The zero-order chi connectivity index (χ0) is 11.5. The normalized spacial score (nSPS) is 14.3. The Hall–Kier alpha value is -1.42. The molecule has 1 heterocycles. The van der Waals surface area contributed by atoms with E-state index in [1.54, 1.807) is 12.1 Å². The van der Waals surface area contributed by atoms with Crippen LogP contribution < -0.4 is 9.47 Å². The van der Waals surface area contributed by atoms with Gasteiger partial charge in [-0.15, -0.1) is 0 Å². The van der Waals surface area contributed by atoms with Gasteiger partial charge in [-0.25, -0.2) is 0 Å². The maximum Gasteiger partial charge on any atom is 0.308 e. The van der Waals surface area contributed by atoms with Crippen LogP contribution in [-0.2, 0) is 11.2 Å². The van der Waals surface area contributed by atoms with Gasteiger partial charge in [0.15, 0.2) is 11.5 Å². The molecule has 1 aromatic carbocycles. The molecule has 0 spiro atoms. The molecule has 86 valence electrons. The molecule has 0 saturated carbocycles. The van der Waals surface area contributed by atoms with Crippen LogP contribution in [0.1, 0.15) is 12.0 Å². The summed E-state index contributed by atoms with van der Waals surface area (Å²) in [5, 5.41) is 9.20. The fourth-order valence-corrected chi connectivity index (χ4v) is 1.80. The van der Waals surface area contributed by atoms with Crippen molar-refractivity contribution in [2.75, 3.05) is 13.2 Å². The quantitative estimate of drug-likeness (QED) is 0.863. The van der Waals surface area contributed by atoms with E-state index in [-0.39, 0.29) is 6.42 Å². The lowest BCUT2D eigenvalue weighted by atomic mass is 10.1. The third kappa shape index (κ3) is 2.22. The average Bonchev–Trinajstić information content (AvgIpc) is 2.47. The van der Waals surface area contributed by atoms with Crippen LogP contribution in [0.5, 0.6) is 11.5 Å². The summed E-state index contributed by atoms with van der Waals surface area (Å²) in [5.41, 5.74) is 0.480. The second-order valence-electron chi connectivity index (χ2n) is 3.47. The van der Waals surface area contributed by atoms with Crippen LogP contribution >= 0.6 is 11.6 Å². The molecule has 4 nitrogen and oxygen atoms in total. The topological polar surface area (TPSA) is 55.8 Å². The number of aliphatic carboxylic acids is 1. The first kappa shape index (κ1) is 11.1. The Labute approximate surface area is 97.7 Å². The zero-order valence-electron chi connectivity index (χ0n) is 8.53. The Bertz CT molecular complexity index is 417. The van der Waals surface area contributed by atoms with Crippen LogP contribution in [0.4, 0.5) is 0 Å². The first-order chi connectivity index (χ1) is 7.68. The molecule has 0 saturated heterocycles. The minimum atomic E-state index is -0.942. The summed E-state index contributed by atoms with van der Waals surface area (Å²) in [5.74, 6) is 0.0914. The second-order valence-corrected chi connectivity index (χ2v) is 3.88. The number of fused-ring (bicyclic) bond motifs is 1. The van der Waals surface area contributed by atoms with E-state index in [0.29, 0.717) is 35.3 Å². The maximum atomic E-state index is 10.7. The van der Waals surface area contributed by atoms with Crippen molar-refractivity contribution >= 4 is 17.6 Å². The fraction of sp³-hybridized carbons (Fsp3) is 0.364. The van der Waals surface area contributed by atoms with Crippen LogP contribution in [0.3, 0.4) is 0 Å². The van der Waals surface area contributed by atoms with E-state index in [9.17, 15) is 4.79 Å². The maximum absolute atomic E-state index is 10.7. The third-order valence-electron chi connectivity index (χ3n) is 2.29. The predicted octanol–water partition coefficient (Wildman–Crippen LogP) is 2.13. The number of carboxylic acids is 1. The summed E-state index contributed by atoms with van der Waals surface area (Å²) >= 11 is 5.96. The summed E-state index contributed by atoms with van der Waals surface area (Å²) in [6.45, 7) is 1.08. The molecule has 0 amide bonds. The van der Waals surface area contributed by atoms with Gasteiger partial charge in [0.1, 0.15) is 0 Å². The molecule has 0 unspecified atom stereocenters. The molecular formula is C11H11ClO4. The smallest absolute Gasteiger partial charge is 0.308 e. The van der Waals surface area contributed by atoms with Crippen LogP contribution in [0.2, 0.25) is 5.02 Å². The highest BCUT2D eigenvalue weighted by Crippen LogP contribution is 2.37. The van der Waals surface area contributed by atoms with Crippen molar-refractivity contribution in [1.29, 1.82) is 0 Å². The Morgan fingerprint density at radius 2 is 2.12 bits per heavy atom. The van der Waals surface area contributed by atoms with Gasteiger partial charge in [-0.05, 0) is 12.1 Å². The average molecular weight is 243 g/mol. The fourth-order valence-electron chi connectivity index (χ4n) is 1.59. The molecule has 1 aromatic rings. The van der Waals surface area contributed by atoms with E-state index in [1.807, 2.05) is 0 Å². The molecule has 2 rings (SSSR count). The van der Waals surface area contributed by atoms with E-state index < -0.39 is 5.97 Å². The summed E-state index contributed by atoms with van der Waals surface area (Å²) in [7, 11) is 0. The van der Waals surface area contributed by atoms with Gasteiger partial charge in [0.25, 0.3) is 0 Å². The standard InChI is InChI=1S/C11H11ClO4/c12-8-2-3-9-11(7(8)6-10(13)14)16-5-1-4-15-9/h2-3H,1,4-6H2,(H,13,14). The summed E-state index contributed by atoms with van der Waals surface area (Å²) in [4.78, 5) is 10.7. The van der Waals surface area contributed by atoms with Gasteiger partial charge in [-0.2, -0.15) is 0 Å². The molecule has 0 radical (unpaired) electrons. The minimum absolute atomic E-state index is 0.161. The number of halogens is 1. The van der Waals surface area contributed by atoms with Gasteiger partial charge in [0.2, 0.25) is 0 Å². The SMILES string of the molecule is O=C(O)Cc1c(Cl)ccc2c1OCCCO2. The number of hydrogen-bond acceptors (Lipinski definition) is 3. The highest BCUT2D eigenvalue weighted by atomic mass is 35.5. The predicted molar refractivity (Wildman–Crippen MR) is 58.4 cm³/mol. The van der Waals surface area contributed by atoms with Crippen molar-refractivity contribution in [3.63, 3.8) is 0 Å². The molecule has 5 heteroatoms. The molecule has 0 aromatic heterocycles. The minimum Gasteiger partial charge on any atom is -0.490 e. The molecular weight excluding hydrogens is 232 g/mol. The molecule has 1 aliphatic heterocycles. The lowest BCUT2D eigenvalue weighted by Crippen LogP contribution is -2.05. The van der Waals surface area contributed by atoms with Crippen molar-refractivity contribution in [3.05, 3.63) is 22.7 Å². The van der Waals surface area contributed by atoms with Crippen molar-refractivity contribution in [1.82, 2.24) is 0 Å². The number of ether oxygens (including phenoxy) is 2. The summed E-state index contributed by atoms with van der Waals surface area (Å²) in [6.07, 6.45) is 0.615. The highest BCUT2D eigenvalue weighted by Gasteiger charge is 2.19. The third-order valence-corrected chi connectivity index (χ3v) is 2.64. The van der Waals surface area contributed by atoms with Gasteiger partial charge in [-0.1, -0.05) is 11.6 Å². The first-order valence-electron chi connectivity index (χ1n) is 4.97. The zero-order valence-corrected chi connectivity index (χ0v) is 9.29. The highest BCUT2D eigenvalue weighted by molar-refractivity contribution is 6.31. The van der Waals surface area contributed by atoms with Crippen LogP contribution in [0.15, 0.2) is 12.1 Å². The summed E-state index contributed by atoms with van der Waals surface area (Å²) < 4.78 is 10.9. The first-order valence-corrected chi connectivity index (χ1v) is 5.35. The second kappa shape index (κ2) is 4.61. The molecule has 0 bridgehead atoms. The molecule has 0 fully saturated rings. The van der Waals surface area contributed by atoms with E-state index in [4.69, 9.17) is 26.2 Å². The van der Waals surface area contributed by atoms with Crippen LogP contribution in [0.25, 0.3) is 0 Å². The molecule has 1 aliphatic rings. The lowest BCUT2D eigenvalue weighted by molar-refractivity contribution is -0.136. The Morgan fingerprint density at radius 3 is 2.88 bits per heavy atom. The number of carbonyl (C=O) groups is 1. The van der Waals surface area contributed by atoms with E-state index >= 15 is 0 Å². The molecule has 0 atom stereocenters. The monoisotopic (exact) mass is 242 g/mol. The number of rotatable bonds is 2. The van der Waals surface area contributed by atoms with Gasteiger partial charge < -0.3 is 14.6 Å². The lowest BCUT2D eigenvalue weighted by Gasteiger charge is -2.12. The van der Waals surface area contributed by atoms with Gasteiger partial charge in [0, 0.05) is 17.0 Å². The molecule has 1 N–H and O–H groups in total. The molecule has 16 heavy (non-hydrogen) atoms. The van der Waals surface area contributed by atoms with Crippen molar-refractivity contribution in [2.24, 2.45) is 0 Å². The largest absolute Gasteiger partial charge is 0.490 e. The Balaban J connectivity index is 2.44. The van der Waals surface area contributed by atoms with E-state index in [2.05, 4.69) is 0 Å². The van der Waals surface area contributed by atoms with Crippen molar-refractivity contribution in [2.45, 2.75) is 12.8 Å². The molecule has 0 aliphatic carbocycles. The number of benzene rings is 1. The number of carboxylic acid groups (broad SMARTS) is 1. The van der Waals surface area contributed by atoms with Crippen molar-refractivity contribution in [3.8, 4) is 11.5 Å². The number of hydrogen-bond donors (Lipinski definition) is 1. The Kier molecular flexibility index (Phi) is 3.19. The van der Waals surface area contributed by atoms with Crippen LogP contribution in [0, 0.1) is 0 Å². The van der Waals surface area contributed by atoms with Gasteiger partial charge in [-0.3, -0.25) is 4.79 Å². The van der Waals surface area contributed by atoms with Gasteiger partial charge in [0.05, 0.1) is 19.6 Å².